The van der Waals surface area contributed by atoms with Crippen LogP contribution in [0, 0.1) is 12.3 Å². The number of carboxylic acid groups (broad SMARTS) is 1. The van der Waals surface area contributed by atoms with Gasteiger partial charge in [0.1, 0.15) is 5.84 Å². The molecule has 0 unspecified atom stereocenters. The van der Waals surface area contributed by atoms with E-state index >= 15 is 0 Å². The molecule has 0 saturated carbocycles. The van der Waals surface area contributed by atoms with E-state index in [4.69, 9.17) is 25.8 Å². The predicted octanol–water partition coefficient (Wildman–Crippen LogP) is 5.76. The van der Waals surface area contributed by atoms with Crippen LogP contribution in [0.5, 0.6) is 0 Å². The lowest BCUT2D eigenvalue weighted by Crippen LogP contribution is -2.21. The number of esters is 1. The second-order valence-electron chi connectivity index (χ2n) is 8.15. The van der Waals surface area contributed by atoms with Gasteiger partial charge in [-0.25, -0.2) is 18.0 Å². The minimum absolute atomic E-state index is 0.132. The third-order valence-electron chi connectivity index (χ3n) is 5.00. The summed E-state index contributed by atoms with van der Waals surface area (Å²) in [5.74, 6) is -3.34. The Labute approximate surface area is 231 Å². The van der Waals surface area contributed by atoms with Gasteiger partial charge < -0.3 is 15.6 Å². The van der Waals surface area contributed by atoms with Gasteiger partial charge >= 0.3 is 18.1 Å². The van der Waals surface area contributed by atoms with Crippen LogP contribution in [0.25, 0.3) is 11.1 Å². The van der Waals surface area contributed by atoms with E-state index in [0.29, 0.717) is 25.8 Å². The Bertz CT molecular complexity index is 1500. The van der Waals surface area contributed by atoms with Crippen LogP contribution in [0.1, 0.15) is 34.6 Å². The number of alkyl halides is 3. The van der Waals surface area contributed by atoms with Crippen LogP contribution >= 0.6 is 23.1 Å². The SMILES string of the molecule is CSc1sc(C(=N)N)cc1S(=O)(=O)c1cccc(-c2cccc(C(=O)OC(C)C)c2C)c1.O=C(O)C(F)(F)F. The van der Waals surface area contributed by atoms with Gasteiger partial charge in [-0.2, -0.15) is 13.2 Å². The summed E-state index contributed by atoms with van der Waals surface area (Å²) >= 11 is 2.49. The molecular weight excluding hydrogens is 577 g/mol. The number of thioether (sulfide) groups is 1. The Morgan fingerprint density at radius 3 is 2.23 bits per heavy atom. The molecular formula is C25H25F3N2O6S3. The topological polar surface area (TPSA) is 148 Å². The van der Waals surface area contributed by atoms with Gasteiger partial charge in [-0.3, -0.25) is 5.41 Å². The number of aliphatic carboxylic acids is 1. The van der Waals surface area contributed by atoms with E-state index in [1.54, 1.807) is 50.4 Å². The summed E-state index contributed by atoms with van der Waals surface area (Å²) in [5.41, 5.74) is 8.15. The summed E-state index contributed by atoms with van der Waals surface area (Å²) in [6, 6.07) is 13.4. The lowest BCUT2D eigenvalue weighted by atomic mass is 9.96. The van der Waals surface area contributed by atoms with Crippen LogP contribution in [0.3, 0.4) is 0 Å². The van der Waals surface area contributed by atoms with E-state index in [1.807, 2.05) is 19.1 Å². The molecule has 2 aromatic carbocycles. The number of thiophene rings is 1. The molecule has 0 saturated heterocycles. The van der Waals surface area contributed by atoms with Crippen LogP contribution in [-0.2, 0) is 19.4 Å². The van der Waals surface area contributed by atoms with Crippen molar-refractivity contribution in [1.82, 2.24) is 0 Å². The number of sulfone groups is 1. The van der Waals surface area contributed by atoms with Gasteiger partial charge in [0.25, 0.3) is 0 Å². The van der Waals surface area contributed by atoms with E-state index in [-0.39, 0.29) is 21.7 Å². The van der Waals surface area contributed by atoms with Crippen LogP contribution in [0.4, 0.5) is 13.2 Å². The fraction of sp³-hybridized carbons (Fsp3) is 0.240. The largest absolute Gasteiger partial charge is 0.490 e. The fourth-order valence-electron chi connectivity index (χ4n) is 3.22. The summed E-state index contributed by atoms with van der Waals surface area (Å²) in [6.45, 7) is 5.39. The molecule has 0 fully saturated rings. The van der Waals surface area contributed by atoms with Crippen LogP contribution in [-0.4, -0.2) is 49.8 Å². The molecule has 0 aliphatic rings. The number of nitrogens with two attached hydrogens (primary N) is 1. The molecule has 14 heteroatoms. The number of amidine groups is 1. The summed E-state index contributed by atoms with van der Waals surface area (Å²) in [7, 11) is -3.83. The molecule has 0 bridgehead atoms. The number of ether oxygens (including phenoxy) is 1. The summed E-state index contributed by atoms with van der Waals surface area (Å²) < 4.78 is 64.5. The Morgan fingerprint density at radius 1 is 1.13 bits per heavy atom. The van der Waals surface area contributed by atoms with Crippen LogP contribution in [0.15, 0.2) is 62.5 Å². The first-order chi connectivity index (χ1) is 18.0. The normalized spacial score (nSPS) is 11.5. The number of nitrogen functional groups attached to an aromatic ring is 1. The van der Waals surface area contributed by atoms with Crippen molar-refractivity contribution in [1.29, 1.82) is 5.41 Å². The van der Waals surface area contributed by atoms with Crippen molar-refractivity contribution in [3.05, 3.63) is 64.5 Å². The molecule has 0 atom stereocenters. The first-order valence-corrected chi connectivity index (χ1v) is 14.5. The second kappa shape index (κ2) is 12.7. The van der Waals surface area contributed by atoms with Gasteiger partial charge in [-0.1, -0.05) is 24.3 Å². The minimum atomic E-state index is -5.08. The van der Waals surface area contributed by atoms with Crippen molar-refractivity contribution >= 4 is 50.7 Å². The number of hydrogen-bond donors (Lipinski definition) is 3. The highest BCUT2D eigenvalue weighted by molar-refractivity contribution is 8.01. The van der Waals surface area contributed by atoms with Gasteiger partial charge in [0, 0.05) is 0 Å². The first kappa shape index (κ1) is 31.9. The number of nitrogens with one attached hydrogen (secondary N) is 1. The van der Waals surface area contributed by atoms with E-state index in [0.717, 1.165) is 5.56 Å². The van der Waals surface area contributed by atoms with Gasteiger partial charge in [-0.05, 0) is 68.0 Å². The lowest BCUT2D eigenvalue weighted by Gasteiger charge is -2.14. The predicted molar refractivity (Wildman–Crippen MR) is 143 cm³/mol. The van der Waals surface area contributed by atoms with Gasteiger partial charge in [-0.15, -0.1) is 23.1 Å². The van der Waals surface area contributed by atoms with E-state index in [1.165, 1.54) is 29.2 Å². The molecule has 8 nitrogen and oxygen atoms in total. The third-order valence-corrected chi connectivity index (χ3v) is 9.34. The van der Waals surface area contributed by atoms with E-state index in [9.17, 15) is 26.4 Å². The summed E-state index contributed by atoms with van der Waals surface area (Å²) in [5, 5.41) is 14.8. The summed E-state index contributed by atoms with van der Waals surface area (Å²) in [4.78, 5) is 22.0. The maximum atomic E-state index is 13.4. The molecule has 1 heterocycles. The number of carboxylic acids is 1. The monoisotopic (exact) mass is 602 g/mol. The zero-order valence-corrected chi connectivity index (χ0v) is 23.6. The average Bonchev–Trinajstić information content (AvgIpc) is 3.29. The zero-order chi connectivity index (χ0) is 29.7. The third kappa shape index (κ3) is 7.83. The van der Waals surface area contributed by atoms with E-state index in [2.05, 4.69) is 0 Å². The van der Waals surface area contributed by atoms with Gasteiger partial charge in [0.05, 0.1) is 30.5 Å². The Morgan fingerprint density at radius 2 is 1.72 bits per heavy atom. The fourth-order valence-corrected chi connectivity index (χ4v) is 7.13. The Balaban J connectivity index is 0.000000673. The molecule has 210 valence electrons. The van der Waals surface area contributed by atoms with Crippen LogP contribution in [0.2, 0.25) is 0 Å². The highest BCUT2D eigenvalue weighted by Crippen LogP contribution is 2.38. The molecule has 0 radical (unpaired) electrons. The average molecular weight is 603 g/mol. The van der Waals surface area contributed by atoms with Gasteiger partial charge in [0.15, 0.2) is 0 Å². The number of halogens is 3. The summed E-state index contributed by atoms with van der Waals surface area (Å²) in [6.07, 6.45) is -3.54. The van der Waals surface area contributed by atoms with Crippen molar-refractivity contribution in [2.45, 2.75) is 47.1 Å². The van der Waals surface area contributed by atoms with Crippen molar-refractivity contribution < 1.29 is 41.0 Å². The van der Waals surface area contributed by atoms with Crippen LogP contribution < -0.4 is 5.73 Å². The van der Waals surface area contributed by atoms with Crippen molar-refractivity contribution in [2.75, 3.05) is 6.26 Å². The Hall–Kier alpha value is -3.36. The molecule has 1 aromatic heterocycles. The highest BCUT2D eigenvalue weighted by atomic mass is 32.2. The molecule has 39 heavy (non-hydrogen) atoms. The molecule has 3 rings (SSSR count). The standard InChI is InChI=1S/C23H24N2O4S3.C2HF3O2/c1-13(2)29-22(26)18-10-6-9-17(14(18)3)15-7-5-8-16(11-15)32(27,28)20-12-19(21(24)25)31-23(20)30-4;3-2(4,5)1(6)7/h5-13H,1-4H3,(H3,24,25);(H,6,7). The number of carbonyl (C=O) groups is 2. The van der Waals surface area contributed by atoms with Crippen molar-refractivity contribution in [2.24, 2.45) is 5.73 Å². The smallest absolute Gasteiger partial charge is 0.475 e. The second-order valence-corrected chi connectivity index (χ2v) is 12.2. The number of benzene rings is 2. The molecule has 0 amide bonds. The minimum Gasteiger partial charge on any atom is -0.475 e. The maximum Gasteiger partial charge on any atom is 0.490 e. The molecule has 0 aliphatic heterocycles. The number of carbonyl (C=O) groups excluding carboxylic acids is 1. The first-order valence-electron chi connectivity index (χ1n) is 11.0. The molecule has 3 aromatic rings. The molecule has 0 spiro atoms. The lowest BCUT2D eigenvalue weighted by molar-refractivity contribution is -0.192. The zero-order valence-electron chi connectivity index (χ0n) is 21.1. The van der Waals surface area contributed by atoms with Crippen molar-refractivity contribution in [3.8, 4) is 11.1 Å². The van der Waals surface area contributed by atoms with Gasteiger partial charge in [0.2, 0.25) is 9.84 Å². The molecule has 0 aliphatic carbocycles. The maximum absolute atomic E-state index is 13.4. The number of hydrogen-bond acceptors (Lipinski definition) is 8. The quantitative estimate of drug-likeness (QED) is 0.134. The van der Waals surface area contributed by atoms with Crippen molar-refractivity contribution in [3.63, 3.8) is 0 Å². The van der Waals surface area contributed by atoms with E-state index < -0.39 is 28.0 Å². The Kier molecular flexibility index (Phi) is 10.3. The number of rotatable bonds is 7. The molecule has 4 N–H and O–H groups in total. The highest BCUT2D eigenvalue weighted by Gasteiger charge is 2.38.